The SMILES string of the molecule is CC(C)CN(Cc1[c-]cccc1)CC(C)C.[Br-].[Mg+2]. The zero-order valence-electron chi connectivity index (χ0n) is 12.1. The second-order valence-corrected chi connectivity index (χ2v) is 5.37. The smallest absolute Gasteiger partial charge is 1.00 e. The van der Waals surface area contributed by atoms with E-state index >= 15 is 0 Å². The summed E-state index contributed by atoms with van der Waals surface area (Å²) in [5.74, 6) is 1.45. The number of rotatable bonds is 6. The fourth-order valence-electron chi connectivity index (χ4n) is 2.01. The average Bonchev–Trinajstić information content (AvgIpc) is 2.16. The van der Waals surface area contributed by atoms with Crippen molar-refractivity contribution in [1.29, 1.82) is 0 Å². The average molecular weight is 323 g/mol. The first-order chi connectivity index (χ1) is 7.58. The third-order valence-electron chi connectivity index (χ3n) is 2.41. The van der Waals surface area contributed by atoms with Gasteiger partial charge in [0.05, 0.1) is 0 Å². The predicted octanol–water partition coefficient (Wildman–Crippen LogP) is 0.224. The summed E-state index contributed by atoms with van der Waals surface area (Å²) in [6, 6.07) is 11.6. The molecule has 0 radical (unpaired) electrons. The molecule has 98 valence electrons. The van der Waals surface area contributed by atoms with Crippen LogP contribution in [-0.2, 0) is 6.54 Å². The number of nitrogens with zero attached hydrogens (tertiary/aromatic N) is 1. The van der Waals surface area contributed by atoms with E-state index in [1.807, 2.05) is 12.1 Å². The molecule has 0 amide bonds. The minimum atomic E-state index is 0. The second-order valence-electron chi connectivity index (χ2n) is 5.37. The van der Waals surface area contributed by atoms with Crippen LogP contribution in [0.4, 0.5) is 0 Å². The summed E-state index contributed by atoms with van der Waals surface area (Å²) < 4.78 is 0. The first kappa shape index (κ1) is 20.7. The first-order valence-electron chi connectivity index (χ1n) is 6.26. The summed E-state index contributed by atoms with van der Waals surface area (Å²) >= 11 is 0. The van der Waals surface area contributed by atoms with Crippen LogP contribution in [-0.4, -0.2) is 41.0 Å². The molecule has 0 aliphatic carbocycles. The van der Waals surface area contributed by atoms with Crippen LogP contribution in [0, 0.1) is 17.9 Å². The van der Waals surface area contributed by atoms with Gasteiger partial charge in [0.15, 0.2) is 0 Å². The Kier molecular flexibility index (Phi) is 13.0. The summed E-state index contributed by atoms with van der Waals surface area (Å²) in [7, 11) is 0. The van der Waals surface area contributed by atoms with Crippen molar-refractivity contribution in [2.75, 3.05) is 13.1 Å². The van der Waals surface area contributed by atoms with Crippen LogP contribution in [0.5, 0.6) is 0 Å². The van der Waals surface area contributed by atoms with Gasteiger partial charge in [0, 0.05) is 19.6 Å². The Bertz CT molecular complexity index is 278. The summed E-state index contributed by atoms with van der Waals surface area (Å²) in [5.41, 5.74) is 1.30. The van der Waals surface area contributed by atoms with Gasteiger partial charge >= 0.3 is 23.1 Å². The Morgan fingerprint density at radius 2 is 1.61 bits per heavy atom. The van der Waals surface area contributed by atoms with E-state index in [-0.39, 0.29) is 40.0 Å². The molecule has 1 aromatic carbocycles. The molecular weight excluding hydrogens is 298 g/mol. The van der Waals surface area contributed by atoms with Crippen LogP contribution in [0.15, 0.2) is 24.3 Å². The molecule has 0 unspecified atom stereocenters. The van der Waals surface area contributed by atoms with E-state index in [0.717, 1.165) is 18.4 Å². The van der Waals surface area contributed by atoms with Crippen LogP contribution < -0.4 is 17.0 Å². The van der Waals surface area contributed by atoms with Gasteiger partial charge in [0.25, 0.3) is 0 Å². The van der Waals surface area contributed by atoms with Gasteiger partial charge < -0.3 is 21.9 Å². The van der Waals surface area contributed by atoms with Crippen LogP contribution in [0.1, 0.15) is 33.3 Å². The fourth-order valence-corrected chi connectivity index (χ4v) is 2.01. The maximum absolute atomic E-state index is 3.30. The van der Waals surface area contributed by atoms with E-state index in [1.165, 1.54) is 18.7 Å². The van der Waals surface area contributed by atoms with Crippen molar-refractivity contribution in [3.63, 3.8) is 0 Å². The molecule has 0 bridgehead atoms. The predicted molar refractivity (Wildman–Crippen MR) is 76.0 cm³/mol. The third-order valence-corrected chi connectivity index (χ3v) is 2.41. The van der Waals surface area contributed by atoms with Crippen molar-refractivity contribution in [2.45, 2.75) is 34.2 Å². The van der Waals surface area contributed by atoms with Crippen molar-refractivity contribution < 1.29 is 17.0 Å². The van der Waals surface area contributed by atoms with Crippen LogP contribution in [0.3, 0.4) is 0 Å². The topological polar surface area (TPSA) is 3.24 Å². The molecule has 0 aliphatic rings. The second kappa shape index (κ2) is 11.3. The van der Waals surface area contributed by atoms with Crippen molar-refractivity contribution >= 4 is 23.1 Å². The first-order valence-corrected chi connectivity index (χ1v) is 6.26. The summed E-state index contributed by atoms with van der Waals surface area (Å²) in [5, 5.41) is 0. The molecule has 0 heterocycles. The van der Waals surface area contributed by atoms with Crippen LogP contribution in [0.25, 0.3) is 0 Å². The zero-order valence-corrected chi connectivity index (χ0v) is 15.1. The van der Waals surface area contributed by atoms with Crippen molar-refractivity contribution in [2.24, 2.45) is 11.8 Å². The largest absolute Gasteiger partial charge is 2.00 e. The summed E-state index contributed by atoms with van der Waals surface area (Å²) in [4.78, 5) is 2.53. The molecule has 0 saturated heterocycles. The number of halogens is 1. The van der Waals surface area contributed by atoms with Crippen molar-refractivity contribution in [3.8, 4) is 0 Å². The standard InChI is InChI=1S/C15H24N.BrH.Mg/c1-13(2)10-16(11-14(3)4)12-15-8-6-5-7-9-15;;/h5-8,13-14H,10-12H2,1-4H3;1H;/q-1;;+2/p-1. The molecule has 0 aliphatic heterocycles. The fraction of sp³-hybridized carbons (Fsp3) is 0.600. The van der Waals surface area contributed by atoms with Gasteiger partial charge in [-0.15, -0.1) is 5.56 Å². The molecule has 0 atom stereocenters. The van der Waals surface area contributed by atoms with Gasteiger partial charge in [-0.05, 0) is 11.8 Å². The maximum atomic E-state index is 3.30. The summed E-state index contributed by atoms with van der Waals surface area (Å²) in [6.45, 7) is 12.5. The zero-order chi connectivity index (χ0) is 12.0. The third kappa shape index (κ3) is 9.37. The van der Waals surface area contributed by atoms with Crippen LogP contribution in [0.2, 0.25) is 0 Å². The molecule has 1 rings (SSSR count). The molecule has 0 aromatic heterocycles. The molecule has 3 heteroatoms. The monoisotopic (exact) mass is 321 g/mol. The van der Waals surface area contributed by atoms with Crippen LogP contribution >= 0.6 is 0 Å². The maximum Gasteiger partial charge on any atom is 2.00 e. The normalized spacial score (nSPS) is 10.4. The molecule has 1 nitrogen and oxygen atoms in total. The Balaban J connectivity index is 0. The summed E-state index contributed by atoms with van der Waals surface area (Å²) in [6.07, 6.45) is 0. The molecule has 1 aromatic rings. The van der Waals surface area contributed by atoms with Crippen molar-refractivity contribution in [1.82, 2.24) is 4.90 Å². The minimum Gasteiger partial charge on any atom is -1.00 e. The Morgan fingerprint density at radius 3 is 2.00 bits per heavy atom. The molecule has 0 spiro atoms. The van der Waals surface area contributed by atoms with Crippen molar-refractivity contribution in [3.05, 3.63) is 35.9 Å². The number of benzene rings is 1. The minimum absolute atomic E-state index is 0. The molecule has 0 saturated carbocycles. The molecule has 18 heavy (non-hydrogen) atoms. The van der Waals surface area contributed by atoms with E-state index in [1.54, 1.807) is 0 Å². The van der Waals surface area contributed by atoms with E-state index in [4.69, 9.17) is 0 Å². The van der Waals surface area contributed by atoms with E-state index < -0.39 is 0 Å². The van der Waals surface area contributed by atoms with Gasteiger partial charge in [-0.1, -0.05) is 27.7 Å². The molecular formula is C15H24BrMgN. The van der Waals surface area contributed by atoms with Gasteiger partial charge in [-0.2, -0.15) is 30.3 Å². The van der Waals surface area contributed by atoms with Gasteiger partial charge in [0.1, 0.15) is 0 Å². The number of hydrogen-bond donors (Lipinski definition) is 0. The van der Waals surface area contributed by atoms with E-state index in [9.17, 15) is 0 Å². The number of hydrogen-bond acceptors (Lipinski definition) is 1. The Hall–Kier alpha value is 0.426. The van der Waals surface area contributed by atoms with Gasteiger partial charge in [-0.25, -0.2) is 0 Å². The van der Waals surface area contributed by atoms with E-state index in [0.29, 0.717) is 0 Å². The Morgan fingerprint density at radius 1 is 1.06 bits per heavy atom. The van der Waals surface area contributed by atoms with Gasteiger partial charge in [0.2, 0.25) is 0 Å². The van der Waals surface area contributed by atoms with E-state index in [2.05, 4.69) is 50.8 Å². The molecule has 0 N–H and O–H groups in total. The Labute approximate surface area is 139 Å². The molecule has 0 fully saturated rings. The quantitative estimate of drug-likeness (QED) is 0.535. The van der Waals surface area contributed by atoms with Gasteiger partial charge in [-0.3, -0.25) is 0 Å².